The standard InChI is InChI=1S/C16H23BrN2O/c1-12(14-9-5-6-10-15(14)17)18-11-16(20)19-13-7-3-2-4-8-13/h5-6,9-10,12-13,18H,2-4,7-8,11H2,1H3,(H,19,20)/t12-/m1/s1. The predicted molar refractivity (Wildman–Crippen MR) is 85.6 cm³/mol. The molecule has 0 bridgehead atoms. The fourth-order valence-electron chi connectivity index (χ4n) is 2.71. The second-order valence-electron chi connectivity index (χ2n) is 5.53. The molecule has 1 fully saturated rings. The molecule has 1 aliphatic rings. The minimum Gasteiger partial charge on any atom is -0.352 e. The number of hydrogen-bond acceptors (Lipinski definition) is 2. The first-order chi connectivity index (χ1) is 9.66. The largest absolute Gasteiger partial charge is 0.352 e. The highest BCUT2D eigenvalue weighted by atomic mass is 79.9. The number of nitrogens with one attached hydrogen (secondary N) is 2. The van der Waals surface area contributed by atoms with E-state index < -0.39 is 0 Å². The summed E-state index contributed by atoms with van der Waals surface area (Å²) in [5, 5.41) is 6.41. The third-order valence-corrected chi connectivity index (χ3v) is 4.63. The van der Waals surface area contributed by atoms with Crippen LogP contribution in [0.15, 0.2) is 28.7 Å². The summed E-state index contributed by atoms with van der Waals surface area (Å²) in [5.74, 6) is 0.107. The Morgan fingerprint density at radius 3 is 2.70 bits per heavy atom. The Hall–Kier alpha value is -0.870. The van der Waals surface area contributed by atoms with Gasteiger partial charge in [-0.1, -0.05) is 53.4 Å². The van der Waals surface area contributed by atoms with E-state index in [0.717, 1.165) is 17.3 Å². The van der Waals surface area contributed by atoms with Crippen LogP contribution in [0.2, 0.25) is 0 Å². The fourth-order valence-corrected chi connectivity index (χ4v) is 3.34. The molecule has 0 heterocycles. The third-order valence-electron chi connectivity index (χ3n) is 3.91. The molecule has 0 radical (unpaired) electrons. The summed E-state index contributed by atoms with van der Waals surface area (Å²) >= 11 is 3.54. The highest BCUT2D eigenvalue weighted by Gasteiger charge is 2.16. The van der Waals surface area contributed by atoms with E-state index in [1.54, 1.807) is 0 Å². The number of amides is 1. The molecule has 0 spiro atoms. The van der Waals surface area contributed by atoms with Crippen molar-refractivity contribution in [2.24, 2.45) is 0 Å². The fraction of sp³-hybridized carbons (Fsp3) is 0.562. The maximum Gasteiger partial charge on any atom is 0.234 e. The summed E-state index contributed by atoms with van der Waals surface area (Å²) < 4.78 is 1.08. The second-order valence-corrected chi connectivity index (χ2v) is 6.38. The van der Waals surface area contributed by atoms with Gasteiger partial charge in [0.1, 0.15) is 0 Å². The molecule has 2 N–H and O–H groups in total. The SMILES string of the molecule is C[C@@H](NCC(=O)NC1CCCCC1)c1ccccc1Br. The predicted octanol–water partition coefficient (Wildman–Crippen LogP) is 3.55. The number of carbonyl (C=O) groups excluding carboxylic acids is 1. The van der Waals surface area contributed by atoms with E-state index in [2.05, 4.69) is 39.6 Å². The van der Waals surface area contributed by atoms with Gasteiger partial charge in [-0.2, -0.15) is 0 Å². The van der Waals surface area contributed by atoms with Gasteiger partial charge in [0.25, 0.3) is 0 Å². The molecule has 1 saturated carbocycles. The molecular formula is C16H23BrN2O. The average Bonchev–Trinajstić information content (AvgIpc) is 2.46. The average molecular weight is 339 g/mol. The Labute approximate surface area is 129 Å². The molecule has 0 aromatic heterocycles. The van der Waals surface area contributed by atoms with Gasteiger partial charge in [-0.3, -0.25) is 4.79 Å². The van der Waals surface area contributed by atoms with E-state index >= 15 is 0 Å². The highest BCUT2D eigenvalue weighted by Crippen LogP contribution is 2.22. The van der Waals surface area contributed by atoms with E-state index in [1.165, 1.54) is 24.8 Å². The lowest BCUT2D eigenvalue weighted by Gasteiger charge is -2.23. The van der Waals surface area contributed by atoms with Crippen LogP contribution < -0.4 is 10.6 Å². The summed E-state index contributed by atoms with van der Waals surface area (Å²) in [5.41, 5.74) is 1.18. The zero-order chi connectivity index (χ0) is 14.4. The van der Waals surface area contributed by atoms with Gasteiger partial charge in [0.15, 0.2) is 0 Å². The molecule has 1 aromatic rings. The van der Waals surface area contributed by atoms with Crippen LogP contribution in [0.1, 0.15) is 50.6 Å². The van der Waals surface area contributed by atoms with Crippen LogP contribution in [0.25, 0.3) is 0 Å². The quantitative estimate of drug-likeness (QED) is 0.861. The van der Waals surface area contributed by atoms with Crippen molar-refractivity contribution < 1.29 is 4.79 Å². The normalized spacial score (nSPS) is 17.7. The molecule has 20 heavy (non-hydrogen) atoms. The lowest BCUT2D eigenvalue weighted by Crippen LogP contribution is -2.41. The van der Waals surface area contributed by atoms with Crippen molar-refractivity contribution in [1.82, 2.24) is 10.6 Å². The molecular weight excluding hydrogens is 316 g/mol. The maximum atomic E-state index is 11.9. The maximum absolute atomic E-state index is 11.9. The van der Waals surface area contributed by atoms with Gasteiger partial charge in [0.2, 0.25) is 5.91 Å². The minimum absolute atomic E-state index is 0.107. The Morgan fingerprint density at radius 1 is 1.30 bits per heavy atom. The van der Waals surface area contributed by atoms with Crippen molar-refractivity contribution in [3.8, 4) is 0 Å². The van der Waals surface area contributed by atoms with E-state index in [1.807, 2.05) is 18.2 Å². The molecule has 0 unspecified atom stereocenters. The van der Waals surface area contributed by atoms with Crippen LogP contribution in [0.3, 0.4) is 0 Å². The summed E-state index contributed by atoms with van der Waals surface area (Å²) in [4.78, 5) is 11.9. The Balaban J connectivity index is 1.76. The number of halogens is 1. The molecule has 1 amide bonds. The van der Waals surface area contributed by atoms with Crippen molar-refractivity contribution >= 4 is 21.8 Å². The number of benzene rings is 1. The molecule has 1 atom stereocenters. The van der Waals surface area contributed by atoms with Crippen LogP contribution in [0.4, 0.5) is 0 Å². The number of carbonyl (C=O) groups is 1. The van der Waals surface area contributed by atoms with Crippen molar-refractivity contribution in [2.75, 3.05) is 6.54 Å². The molecule has 1 aliphatic carbocycles. The molecule has 3 nitrogen and oxygen atoms in total. The van der Waals surface area contributed by atoms with Crippen LogP contribution in [0, 0.1) is 0 Å². The second kappa shape index (κ2) is 7.79. The summed E-state index contributed by atoms with van der Waals surface area (Å²) in [6.07, 6.45) is 6.05. The van der Waals surface area contributed by atoms with E-state index in [0.29, 0.717) is 12.6 Å². The first kappa shape index (κ1) is 15.5. The van der Waals surface area contributed by atoms with Crippen LogP contribution in [-0.4, -0.2) is 18.5 Å². The van der Waals surface area contributed by atoms with Gasteiger partial charge in [-0.15, -0.1) is 0 Å². The lowest BCUT2D eigenvalue weighted by molar-refractivity contribution is -0.121. The number of rotatable bonds is 5. The Kier molecular flexibility index (Phi) is 6.05. The number of hydrogen-bond donors (Lipinski definition) is 2. The van der Waals surface area contributed by atoms with Crippen LogP contribution in [0.5, 0.6) is 0 Å². The van der Waals surface area contributed by atoms with E-state index in [4.69, 9.17) is 0 Å². The van der Waals surface area contributed by atoms with Crippen molar-refractivity contribution in [1.29, 1.82) is 0 Å². The Bertz CT molecular complexity index is 444. The van der Waals surface area contributed by atoms with Gasteiger partial charge >= 0.3 is 0 Å². The van der Waals surface area contributed by atoms with E-state index in [9.17, 15) is 4.79 Å². The first-order valence-corrected chi connectivity index (χ1v) is 8.23. The van der Waals surface area contributed by atoms with Gasteiger partial charge in [0, 0.05) is 16.6 Å². The minimum atomic E-state index is 0.107. The van der Waals surface area contributed by atoms with Gasteiger partial charge in [0.05, 0.1) is 6.54 Å². The smallest absolute Gasteiger partial charge is 0.234 e. The molecule has 1 aromatic carbocycles. The van der Waals surface area contributed by atoms with Crippen molar-refractivity contribution in [2.45, 2.75) is 51.1 Å². The van der Waals surface area contributed by atoms with Gasteiger partial charge in [-0.25, -0.2) is 0 Å². The van der Waals surface area contributed by atoms with Crippen LogP contribution >= 0.6 is 15.9 Å². The zero-order valence-corrected chi connectivity index (χ0v) is 13.6. The first-order valence-electron chi connectivity index (χ1n) is 7.44. The monoisotopic (exact) mass is 338 g/mol. The molecule has 4 heteroatoms. The van der Waals surface area contributed by atoms with Crippen molar-refractivity contribution in [3.05, 3.63) is 34.3 Å². The zero-order valence-electron chi connectivity index (χ0n) is 12.0. The molecule has 0 saturated heterocycles. The Morgan fingerprint density at radius 2 is 2.00 bits per heavy atom. The summed E-state index contributed by atoms with van der Waals surface area (Å²) in [6, 6.07) is 8.65. The van der Waals surface area contributed by atoms with Gasteiger partial charge in [-0.05, 0) is 31.4 Å². The summed E-state index contributed by atoms with van der Waals surface area (Å²) in [7, 11) is 0. The third kappa shape index (κ3) is 4.60. The van der Waals surface area contributed by atoms with Gasteiger partial charge < -0.3 is 10.6 Å². The summed E-state index contributed by atoms with van der Waals surface area (Å²) in [6.45, 7) is 2.45. The molecule has 2 rings (SSSR count). The highest BCUT2D eigenvalue weighted by molar-refractivity contribution is 9.10. The van der Waals surface area contributed by atoms with Crippen molar-refractivity contribution in [3.63, 3.8) is 0 Å². The molecule has 0 aliphatic heterocycles. The lowest BCUT2D eigenvalue weighted by atomic mass is 9.95. The topological polar surface area (TPSA) is 41.1 Å². The molecule has 110 valence electrons. The van der Waals surface area contributed by atoms with E-state index in [-0.39, 0.29) is 11.9 Å². The van der Waals surface area contributed by atoms with Crippen LogP contribution in [-0.2, 0) is 4.79 Å².